The molecule has 0 aliphatic rings. The predicted octanol–water partition coefficient (Wildman–Crippen LogP) is 4.30. The van der Waals surface area contributed by atoms with Crippen LogP contribution in [0.5, 0.6) is 0 Å². The summed E-state index contributed by atoms with van der Waals surface area (Å²) in [5, 5.41) is 3.11. The number of anilines is 2. The van der Waals surface area contributed by atoms with Gasteiger partial charge in [0.25, 0.3) is 0 Å². The molecule has 0 amide bonds. The second kappa shape index (κ2) is 5.73. The Bertz CT molecular complexity index is 689. The van der Waals surface area contributed by atoms with Crippen LogP contribution in [0.4, 0.5) is 20.2 Å². The molecular formula is C14H11ClF2N2S. The molecule has 0 aliphatic heterocycles. The van der Waals surface area contributed by atoms with Crippen molar-refractivity contribution >= 4 is 40.2 Å². The van der Waals surface area contributed by atoms with Gasteiger partial charge in [0.2, 0.25) is 0 Å². The third-order valence-corrected chi connectivity index (χ3v) is 3.29. The maximum atomic E-state index is 13.7. The summed E-state index contributed by atoms with van der Waals surface area (Å²) in [7, 11) is 0. The highest BCUT2D eigenvalue weighted by molar-refractivity contribution is 7.80. The minimum absolute atomic E-state index is 0.0345. The fraction of sp³-hybridized carbons (Fsp3) is 0.0714. The molecular weight excluding hydrogens is 302 g/mol. The molecule has 2 rings (SSSR count). The van der Waals surface area contributed by atoms with Crippen molar-refractivity contribution in [3.8, 4) is 0 Å². The Hall–Kier alpha value is -1.72. The first-order valence-electron chi connectivity index (χ1n) is 5.70. The lowest BCUT2D eigenvalue weighted by atomic mass is 10.1. The molecule has 0 aromatic heterocycles. The Labute approximate surface area is 125 Å². The first kappa shape index (κ1) is 14.7. The summed E-state index contributed by atoms with van der Waals surface area (Å²) >= 11 is 10.8. The molecule has 3 N–H and O–H groups in total. The van der Waals surface area contributed by atoms with Crippen molar-refractivity contribution in [2.45, 2.75) is 6.92 Å². The van der Waals surface area contributed by atoms with Crippen LogP contribution in [0, 0.1) is 18.6 Å². The molecule has 0 saturated heterocycles. The number of hydrogen-bond donors (Lipinski definition) is 2. The number of hydrogen-bond acceptors (Lipinski definition) is 2. The normalized spacial score (nSPS) is 10.4. The minimum atomic E-state index is -0.543. The average Bonchev–Trinajstić information content (AvgIpc) is 2.35. The summed E-state index contributed by atoms with van der Waals surface area (Å²) in [5.41, 5.74) is 6.82. The molecule has 2 aromatic rings. The Morgan fingerprint density at radius 2 is 1.90 bits per heavy atom. The Morgan fingerprint density at radius 1 is 1.20 bits per heavy atom. The molecule has 0 aliphatic carbocycles. The third-order valence-electron chi connectivity index (χ3n) is 2.76. The smallest absolute Gasteiger partial charge is 0.147 e. The van der Waals surface area contributed by atoms with Gasteiger partial charge in [-0.2, -0.15) is 0 Å². The lowest BCUT2D eigenvalue weighted by molar-refractivity contribution is 0.595. The fourth-order valence-corrected chi connectivity index (χ4v) is 2.21. The van der Waals surface area contributed by atoms with Gasteiger partial charge in [0.15, 0.2) is 0 Å². The van der Waals surface area contributed by atoms with Crippen LogP contribution >= 0.6 is 23.8 Å². The maximum Gasteiger partial charge on any atom is 0.147 e. The molecule has 0 fully saturated rings. The molecule has 0 atom stereocenters. The summed E-state index contributed by atoms with van der Waals surface area (Å²) in [6.07, 6.45) is 0. The summed E-state index contributed by atoms with van der Waals surface area (Å²) < 4.78 is 27.2. The van der Waals surface area contributed by atoms with E-state index in [0.29, 0.717) is 16.3 Å². The summed E-state index contributed by atoms with van der Waals surface area (Å²) in [5.74, 6) is -1.03. The maximum absolute atomic E-state index is 13.7. The van der Waals surface area contributed by atoms with Crippen LogP contribution in [0.15, 0.2) is 30.3 Å². The van der Waals surface area contributed by atoms with Crippen molar-refractivity contribution in [2.24, 2.45) is 5.73 Å². The number of benzene rings is 2. The molecule has 0 unspecified atom stereocenters. The number of rotatable bonds is 3. The Kier molecular flexibility index (Phi) is 4.20. The topological polar surface area (TPSA) is 38.0 Å². The average molecular weight is 313 g/mol. The zero-order valence-electron chi connectivity index (χ0n) is 10.5. The number of thiocarbonyl (C=S) groups is 1. The van der Waals surface area contributed by atoms with Crippen molar-refractivity contribution in [3.63, 3.8) is 0 Å². The van der Waals surface area contributed by atoms with Gasteiger partial charge >= 0.3 is 0 Å². The molecule has 0 spiro atoms. The number of halogens is 3. The van der Waals surface area contributed by atoms with Gasteiger partial charge in [-0.25, -0.2) is 8.78 Å². The van der Waals surface area contributed by atoms with E-state index in [1.807, 2.05) is 0 Å². The van der Waals surface area contributed by atoms with Crippen LogP contribution in [-0.2, 0) is 0 Å². The van der Waals surface area contributed by atoms with Gasteiger partial charge in [-0.1, -0.05) is 23.8 Å². The van der Waals surface area contributed by atoms with Gasteiger partial charge in [-0.3, -0.25) is 0 Å². The first-order chi connectivity index (χ1) is 9.38. The van der Waals surface area contributed by atoms with Gasteiger partial charge in [-0.15, -0.1) is 0 Å². The van der Waals surface area contributed by atoms with Gasteiger partial charge in [0, 0.05) is 17.3 Å². The van der Waals surface area contributed by atoms with Crippen LogP contribution in [0.2, 0.25) is 5.02 Å². The van der Waals surface area contributed by atoms with Crippen LogP contribution in [0.1, 0.15) is 11.1 Å². The lowest BCUT2D eigenvalue weighted by Crippen LogP contribution is -2.10. The van der Waals surface area contributed by atoms with Crippen LogP contribution in [0.25, 0.3) is 0 Å². The zero-order chi connectivity index (χ0) is 14.9. The summed E-state index contributed by atoms with van der Waals surface area (Å²) in [6, 6.07) is 7.03. The molecule has 0 saturated carbocycles. The molecule has 0 radical (unpaired) electrons. The lowest BCUT2D eigenvalue weighted by Gasteiger charge is -2.11. The molecule has 20 heavy (non-hydrogen) atoms. The van der Waals surface area contributed by atoms with E-state index >= 15 is 0 Å². The van der Waals surface area contributed by atoms with Crippen LogP contribution < -0.4 is 11.1 Å². The van der Waals surface area contributed by atoms with E-state index < -0.39 is 11.6 Å². The highest BCUT2D eigenvalue weighted by Gasteiger charge is 2.09. The third kappa shape index (κ3) is 3.05. The Morgan fingerprint density at radius 3 is 2.50 bits per heavy atom. The van der Waals surface area contributed by atoms with Gasteiger partial charge in [0.1, 0.15) is 16.6 Å². The molecule has 6 heteroatoms. The van der Waals surface area contributed by atoms with E-state index in [1.165, 1.54) is 6.92 Å². The Balaban J connectivity index is 2.33. The van der Waals surface area contributed by atoms with Gasteiger partial charge in [-0.05, 0) is 36.8 Å². The van der Waals surface area contributed by atoms with E-state index in [1.54, 1.807) is 18.2 Å². The first-order valence-corrected chi connectivity index (χ1v) is 6.49. The fourth-order valence-electron chi connectivity index (χ4n) is 1.69. The monoisotopic (exact) mass is 312 g/mol. The van der Waals surface area contributed by atoms with Crippen LogP contribution in [-0.4, -0.2) is 4.99 Å². The second-order valence-electron chi connectivity index (χ2n) is 4.27. The highest BCUT2D eigenvalue weighted by atomic mass is 35.5. The largest absolute Gasteiger partial charge is 0.389 e. The van der Waals surface area contributed by atoms with Crippen LogP contribution in [0.3, 0.4) is 0 Å². The van der Waals surface area contributed by atoms with Crippen molar-refractivity contribution < 1.29 is 8.78 Å². The van der Waals surface area contributed by atoms with E-state index in [4.69, 9.17) is 29.6 Å². The number of aryl methyl sites for hydroxylation is 1. The highest BCUT2D eigenvalue weighted by Crippen LogP contribution is 2.26. The standard InChI is InChI=1S/C14H11ClF2N2S/c1-7-4-12(17)13(6-11(7)16)19-8-2-3-9(14(18)20)10(15)5-8/h2-6,19H,1H3,(H2,18,20). The summed E-state index contributed by atoms with van der Waals surface area (Å²) in [4.78, 5) is 0.175. The number of nitrogens with two attached hydrogens (primary N) is 1. The van der Waals surface area contributed by atoms with Gasteiger partial charge < -0.3 is 11.1 Å². The van der Waals surface area contributed by atoms with Crippen molar-refractivity contribution in [2.75, 3.05) is 5.32 Å². The van der Waals surface area contributed by atoms with Crippen molar-refractivity contribution in [1.82, 2.24) is 0 Å². The molecule has 104 valence electrons. The van der Waals surface area contributed by atoms with Crippen molar-refractivity contribution in [1.29, 1.82) is 0 Å². The van der Waals surface area contributed by atoms with Crippen molar-refractivity contribution in [3.05, 3.63) is 58.1 Å². The molecule has 2 nitrogen and oxygen atoms in total. The van der Waals surface area contributed by atoms with Gasteiger partial charge in [0.05, 0.1) is 10.7 Å². The SMILES string of the molecule is Cc1cc(F)c(Nc2ccc(C(N)=S)c(Cl)c2)cc1F. The molecule has 0 bridgehead atoms. The van der Waals surface area contributed by atoms with E-state index in [9.17, 15) is 8.78 Å². The quantitative estimate of drug-likeness (QED) is 0.830. The zero-order valence-corrected chi connectivity index (χ0v) is 12.1. The second-order valence-corrected chi connectivity index (χ2v) is 5.11. The minimum Gasteiger partial charge on any atom is -0.389 e. The van der Waals surface area contributed by atoms with E-state index in [2.05, 4.69) is 5.32 Å². The van der Waals surface area contributed by atoms with E-state index in [0.717, 1.165) is 12.1 Å². The van der Waals surface area contributed by atoms with E-state index in [-0.39, 0.29) is 16.2 Å². The molecule has 0 heterocycles. The summed E-state index contributed by atoms with van der Waals surface area (Å²) in [6.45, 7) is 1.50. The molecule has 2 aromatic carbocycles. The predicted molar refractivity (Wildman–Crippen MR) is 81.7 cm³/mol. The number of nitrogens with one attached hydrogen (secondary N) is 1.